The smallest absolute Gasteiger partial charge is 0.253 e. The number of piperidine rings is 1. The first-order valence-corrected chi connectivity index (χ1v) is 8.59. The number of allylic oxidation sites excluding steroid dienone is 1. The van der Waals surface area contributed by atoms with Gasteiger partial charge in [0.25, 0.3) is 5.91 Å². The normalized spacial score (nSPS) is 22.4. The molecule has 0 aliphatic carbocycles. The molecule has 1 amide bonds. The van der Waals surface area contributed by atoms with Gasteiger partial charge in [-0.05, 0) is 46.5 Å². The fourth-order valence-electron chi connectivity index (χ4n) is 3.50. The highest BCUT2D eigenvalue weighted by atomic mass is 16.5. The molecule has 0 aromatic carbocycles. The maximum Gasteiger partial charge on any atom is 0.253 e. The predicted octanol–water partition coefficient (Wildman–Crippen LogP) is 2.65. The van der Waals surface area contributed by atoms with Crippen molar-refractivity contribution in [3.63, 3.8) is 0 Å². The third-order valence-electron chi connectivity index (χ3n) is 4.80. The molecule has 126 valence electrons. The van der Waals surface area contributed by atoms with Crippen molar-refractivity contribution in [2.75, 3.05) is 19.7 Å². The van der Waals surface area contributed by atoms with E-state index in [1.54, 1.807) is 6.33 Å². The first-order chi connectivity index (χ1) is 11.1. The Morgan fingerprint density at radius 1 is 1.39 bits per heavy atom. The van der Waals surface area contributed by atoms with Crippen LogP contribution >= 0.6 is 0 Å². The highest BCUT2D eigenvalue weighted by molar-refractivity contribution is 5.94. The molecule has 1 aromatic rings. The van der Waals surface area contributed by atoms with Gasteiger partial charge in [0, 0.05) is 25.0 Å². The molecule has 3 heterocycles. The average molecular weight is 318 g/mol. The lowest BCUT2D eigenvalue weighted by Crippen LogP contribution is -2.41. The Kier molecular flexibility index (Phi) is 4.68. The molecule has 0 saturated carbocycles. The summed E-state index contributed by atoms with van der Waals surface area (Å²) in [5.74, 6) is 2.21. The van der Waals surface area contributed by atoms with E-state index in [1.165, 1.54) is 0 Å². The molecule has 1 unspecified atom stereocenters. The van der Waals surface area contributed by atoms with E-state index in [2.05, 4.69) is 28.6 Å². The van der Waals surface area contributed by atoms with E-state index < -0.39 is 0 Å². The van der Waals surface area contributed by atoms with Crippen molar-refractivity contribution in [3.8, 4) is 0 Å². The fourth-order valence-corrected chi connectivity index (χ4v) is 3.50. The Morgan fingerprint density at radius 3 is 2.96 bits per heavy atom. The van der Waals surface area contributed by atoms with Crippen LogP contribution in [0.15, 0.2) is 17.7 Å². The molecule has 2 aliphatic heterocycles. The molecule has 6 nitrogen and oxygen atoms in total. The van der Waals surface area contributed by atoms with Crippen LogP contribution in [0.5, 0.6) is 0 Å². The first kappa shape index (κ1) is 16.0. The summed E-state index contributed by atoms with van der Waals surface area (Å²) in [6.45, 7) is 8.44. The second-order valence-electron chi connectivity index (χ2n) is 6.77. The summed E-state index contributed by atoms with van der Waals surface area (Å²) in [7, 11) is 0. The lowest BCUT2D eigenvalue weighted by Gasteiger charge is -2.34. The summed E-state index contributed by atoms with van der Waals surface area (Å²) in [5.41, 5.74) is 0.849. The Hall–Kier alpha value is -1.85. The zero-order valence-corrected chi connectivity index (χ0v) is 14.3. The topological polar surface area (TPSA) is 60.2 Å². The molecule has 2 aliphatic rings. The standard InChI is InChI=1S/C17H26N4O2/c1-12(2)21-11-18-19-16(21)14-6-4-8-20(10-14)17(22)15-7-5-9-23-13(15)3/h11-12,14H,4-10H2,1-3H3. The SMILES string of the molecule is CC1=C(C(=O)N2CCCC(c3nncn3C(C)C)C2)CCCO1. The van der Waals surface area contributed by atoms with Crippen molar-refractivity contribution in [2.45, 2.75) is 58.4 Å². The average Bonchev–Trinajstić information content (AvgIpc) is 3.05. The third-order valence-corrected chi connectivity index (χ3v) is 4.80. The number of ether oxygens (including phenoxy) is 1. The van der Waals surface area contributed by atoms with E-state index in [-0.39, 0.29) is 11.8 Å². The van der Waals surface area contributed by atoms with Crippen LogP contribution in [0.1, 0.15) is 64.2 Å². The highest BCUT2D eigenvalue weighted by Gasteiger charge is 2.31. The molecule has 0 bridgehead atoms. The van der Waals surface area contributed by atoms with Crippen LogP contribution in [0.3, 0.4) is 0 Å². The van der Waals surface area contributed by atoms with Crippen LogP contribution in [-0.4, -0.2) is 45.3 Å². The predicted molar refractivity (Wildman–Crippen MR) is 86.8 cm³/mol. The van der Waals surface area contributed by atoms with E-state index in [0.717, 1.165) is 62.5 Å². The third kappa shape index (κ3) is 3.26. The van der Waals surface area contributed by atoms with Crippen LogP contribution in [0, 0.1) is 0 Å². The van der Waals surface area contributed by atoms with Crippen LogP contribution in [0.2, 0.25) is 0 Å². The molecule has 23 heavy (non-hydrogen) atoms. The molecule has 1 atom stereocenters. The van der Waals surface area contributed by atoms with Crippen molar-refractivity contribution < 1.29 is 9.53 Å². The van der Waals surface area contributed by atoms with Crippen LogP contribution in [-0.2, 0) is 9.53 Å². The zero-order valence-electron chi connectivity index (χ0n) is 14.3. The number of aromatic nitrogens is 3. The van der Waals surface area contributed by atoms with Gasteiger partial charge in [0.05, 0.1) is 12.2 Å². The molecular weight excluding hydrogens is 292 g/mol. The maximum absolute atomic E-state index is 12.8. The summed E-state index contributed by atoms with van der Waals surface area (Å²) >= 11 is 0. The molecule has 6 heteroatoms. The summed E-state index contributed by atoms with van der Waals surface area (Å²) in [6.07, 6.45) is 5.62. The van der Waals surface area contributed by atoms with Crippen molar-refractivity contribution in [2.24, 2.45) is 0 Å². The molecular formula is C17H26N4O2. The van der Waals surface area contributed by atoms with Gasteiger partial charge in [0.2, 0.25) is 0 Å². The van der Waals surface area contributed by atoms with Gasteiger partial charge >= 0.3 is 0 Å². The van der Waals surface area contributed by atoms with Gasteiger partial charge in [-0.15, -0.1) is 10.2 Å². The minimum absolute atomic E-state index is 0.141. The number of carbonyl (C=O) groups excluding carboxylic acids is 1. The fraction of sp³-hybridized carbons (Fsp3) is 0.706. The van der Waals surface area contributed by atoms with Gasteiger partial charge in [-0.2, -0.15) is 0 Å². The van der Waals surface area contributed by atoms with Gasteiger partial charge in [0.15, 0.2) is 0 Å². The van der Waals surface area contributed by atoms with E-state index in [1.807, 2.05) is 11.8 Å². The number of amides is 1. The summed E-state index contributed by atoms with van der Waals surface area (Å²) < 4.78 is 7.68. The van der Waals surface area contributed by atoms with Gasteiger partial charge in [-0.25, -0.2) is 0 Å². The molecule has 1 aromatic heterocycles. The molecule has 0 radical (unpaired) electrons. The lowest BCUT2D eigenvalue weighted by atomic mass is 9.95. The molecule has 0 N–H and O–H groups in total. The number of nitrogens with zero attached hydrogens (tertiary/aromatic N) is 4. The zero-order chi connectivity index (χ0) is 16.4. The first-order valence-electron chi connectivity index (χ1n) is 8.59. The quantitative estimate of drug-likeness (QED) is 0.859. The van der Waals surface area contributed by atoms with Crippen LogP contribution < -0.4 is 0 Å². The van der Waals surface area contributed by atoms with Gasteiger partial charge in [-0.1, -0.05) is 0 Å². The molecule has 1 saturated heterocycles. The minimum Gasteiger partial charge on any atom is -0.498 e. The number of rotatable bonds is 3. The number of carbonyl (C=O) groups is 1. The Labute approximate surface area is 137 Å². The van der Waals surface area contributed by atoms with E-state index in [0.29, 0.717) is 6.04 Å². The number of hydrogen-bond donors (Lipinski definition) is 0. The molecule has 1 fully saturated rings. The van der Waals surface area contributed by atoms with E-state index in [4.69, 9.17) is 4.74 Å². The van der Waals surface area contributed by atoms with Crippen molar-refractivity contribution >= 4 is 5.91 Å². The number of likely N-dealkylation sites (tertiary alicyclic amines) is 1. The lowest BCUT2D eigenvalue weighted by molar-refractivity contribution is -0.129. The Bertz CT molecular complexity index is 605. The largest absolute Gasteiger partial charge is 0.498 e. The minimum atomic E-state index is 0.141. The summed E-state index contributed by atoms with van der Waals surface area (Å²) in [6, 6.07) is 0.336. The van der Waals surface area contributed by atoms with Crippen molar-refractivity contribution in [1.29, 1.82) is 0 Å². The molecule has 0 spiro atoms. The second kappa shape index (κ2) is 6.72. The monoisotopic (exact) mass is 318 g/mol. The number of hydrogen-bond acceptors (Lipinski definition) is 4. The Balaban J connectivity index is 1.76. The van der Waals surface area contributed by atoms with E-state index >= 15 is 0 Å². The highest BCUT2D eigenvalue weighted by Crippen LogP contribution is 2.29. The van der Waals surface area contributed by atoms with Crippen LogP contribution in [0.25, 0.3) is 0 Å². The second-order valence-corrected chi connectivity index (χ2v) is 6.77. The summed E-state index contributed by atoms with van der Waals surface area (Å²) in [4.78, 5) is 14.8. The Morgan fingerprint density at radius 2 is 2.22 bits per heavy atom. The van der Waals surface area contributed by atoms with E-state index in [9.17, 15) is 4.79 Å². The van der Waals surface area contributed by atoms with Crippen molar-refractivity contribution in [1.82, 2.24) is 19.7 Å². The van der Waals surface area contributed by atoms with Gasteiger partial charge in [-0.3, -0.25) is 4.79 Å². The van der Waals surface area contributed by atoms with Gasteiger partial charge < -0.3 is 14.2 Å². The van der Waals surface area contributed by atoms with Crippen LogP contribution in [0.4, 0.5) is 0 Å². The summed E-state index contributed by atoms with van der Waals surface area (Å²) in [5, 5.41) is 8.39. The van der Waals surface area contributed by atoms with Gasteiger partial charge in [0.1, 0.15) is 17.9 Å². The maximum atomic E-state index is 12.8. The molecule has 3 rings (SSSR count). The van der Waals surface area contributed by atoms with Crippen molar-refractivity contribution in [3.05, 3.63) is 23.5 Å².